The Balaban J connectivity index is 1.37. The van der Waals surface area contributed by atoms with Gasteiger partial charge in [-0.1, -0.05) is 5.21 Å². The molecule has 0 aromatic carbocycles. The number of likely N-dealkylation sites (tertiary alicyclic amines) is 2. The molecule has 23 heavy (non-hydrogen) atoms. The van der Waals surface area contributed by atoms with Crippen molar-refractivity contribution in [2.24, 2.45) is 0 Å². The van der Waals surface area contributed by atoms with Crippen molar-refractivity contribution < 1.29 is 14.0 Å². The highest BCUT2D eigenvalue weighted by molar-refractivity contribution is 5.94. The first-order valence-corrected chi connectivity index (χ1v) is 7.75. The molecular formula is C15H17N5O3. The van der Waals surface area contributed by atoms with Gasteiger partial charge < -0.3 is 14.2 Å². The molecule has 2 aromatic rings. The highest BCUT2D eigenvalue weighted by Gasteiger charge is 2.34. The third-order valence-corrected chi connectivity index (χ3v) is 4.41. The normalized spacial score (nSPS) is 18.3. The van der Waals surface area contributed by atoms with E-state index in [-0.39, 0.29) is 17.9 Å². The van der Waals surface area contributed by atoms with Crippen LogP contribution in [0.25, 0.3) is 0 Å². The summed E-state index contributed by atoms with van der Waals surface area (Å²) < 4.78 is 6.61. The van der Waals surface area contributed by atoms with E-state index in [9.17, 15) is 9.59 Å². The maximum absolute atomic E-state index is 12.3. The van der Waals surface area contributed by atoms with E-state index in [0.717, 1.165) is 25.9 Å². The molecule has 2 aromatic heterocycles. The van der Waals surface area contributed by atoms with E-state index in [1.807, 2.05) is 4.90 Å². The monoisotopic (exact) mass is 315 g/mol. The second kappa shape index (κ2) is 5.53. The molecule has 0 radical (unpaired) electrons. The van der Waals surface area contributed by atoms with Gasteiger partial charge in [0.2, 0.25) is 0 Å². The third-order valence-electron chi connectivity index (χ3n) is 4.41. The highest BCUT2D eigenvalue weighted by atomic mass is 16.3. The maximum Gasteiger partial charge on any atom is 0.276 e. The molecule has 2 fully saturated rings. The van der Waals surface area contributed by atoms with E-state index in [1.54, 1.807) is 21.8 Å². The zero-order valence-electron chi connectivity index (χ0n) is 12.6. The summed E-state index contributed by atoms with van der Waals surface area (Å²) in [6.45, 7) is 2.71. The van der Waals surface area contributed by atoms with Crippen LogP contribution in [0.15, 0.2) is 29.2 Å². The number of hydrogen-bond acceptors (Lipinski definition) is 5. The van der Waals surface area contributed by atoms with Crippen molar-refractivity contribution in [1.29, 1.82) is 0 Å². The van der Waals surface area contributed by atoms with Gasteiger partial charge in [0.1, 0.15) is 6.26 Å². The molecule has 0 bridgehead atoms. The van der Waals surface area contributed by atoms with Gasteiger partial charge in [0, 0.05) is 26.2 Å². The zero-order chi connectivity index (χ0) is 15.8. The molecule has 0 atom stereocenters. The summed E-state index contributed by atoms with van der Waals surface area (Å²) in [4.78, 5) is 27.9. The molecule has 4 heterocycles. The van der Waals surface area contributed by atoms with Crippen LogP contribution >= 0.6 is 0 Å². The Morgan fingerprint density at radius 3 is 2.61 bits per heavy atom. The minimum Gasteiger partial charge on any atom is -0.472 e. The number of carbonyl (C=O) groups is 2. The van der Waals surface area contributed by atoms with Crippen LogP contribution in [0.5, 0.6) is 0 Å². The van der Waals surface area contributed by atoms with Crippen LogP contribution in [-0.4, -0.2) is 62.8 Å². The predicted octanol–water partition coefficient (Wildman–Crippen LogP) is 0.804. The fourth-order valence-electron chi connectivity index (χ4n) is 2.99. The Morgan fingerprint density at radius 1 is 1.13 bits per heavy atom. The number of rotatable bonds is 3. The lowest BCUT2D eigenvalue weighted by atomic mass is 10.1. The number of carbonyl (C=O) groups excluding carboxylic acids is 2. The fraction of sp³-hybridized carbons (Fsp3) is 0.467. The fourth-order valence-corrected chi connectivity index (χ4v) is 2.99. The average molecular weight is 315 g/mol. The molecule has 2 amide bonds. The van der Waals surface area contributed by atoms with Crippen molar-refractivity contribution in [2.75, 3.05) is 26.2 Å². The number of nitrogens with zero attached hydrogens (tertiary/aromatic N) is 5. The summed E-state index contributed by atoms with van der Waals surface area (Å²) in [6.07, 6.45) is 6.71. The molecule has 0 saturated carbocycles. The van der Waals surface area contributed by atoms with Crippen LogP contribution in [0.3, 0.4) is 0 Å². The standard InChI is InChI=1S/C15H17N5O3/c21-14(11-3-6-23-10-11)19-7-12(8-19)20-9-13(16-17-20)15(22)18-4-1-2-5-18/h3,6,9-10,12H,1-2,4-5,7-8H2. The number of aromatic nitrogens is 3. The SMILES string of the molecule is O=C(c1ccoc1)N1CC(n2cc(C(=O)N3CCCC3)nn2)C1. The predicted molar refractivity (Wildman–Crippen MR) is 78.8 cm³/mol. The molecule has 8 heteroatoms. The van der Waals surface area contributed by atoms with Crippen molar-refractivity contribution in [3.63, 3.8) is 0 Å². The lowest BCUT2D eigenvalue weighted by molar-refractivity contribution is 0.0497. The van der Waals surface area contributed by atoms with Gasteiger partial charge in [-0.15, -0.1) is 5.10 Å². The molecule has 2 aliphatic heterocycles. The number of amides is 2. The van der Waals surface area contributed by atoms with Crippen LogP contribution in [0.4, 0.5) is 0 Å². The summed E-state index contributed by atoms with van der Waals surface area (Å²) in [5, 5.41) is 8.04. The molecule has 2 saturated heterocycles. The van der Waals surface area contributed by atoms with Gasteiger partial charge in [0.05, 0.1) is 24.1 Å². The van der Waals surface area contributed by atoms with Crippen molar-refractivity contribution in [3.05, 3.63) is 36.0 Å². The number of furan rings is 1. The number of hydrogen-bond donors (Lipinski definition) is 0. The first kappa shape index (κ1) is 14.0. The van der Waals surface area contributed by atoms with Gasteiger partial charge in [-0.05, 0) is 18.9 Å². The Bertz CT molecular complexity index is 711. The van der Waals surface area contributed by atoms with E-state index in [2.05, 4.69) is 10.3 Å². The van der Waals surface area contributed by atoms with Crippen molar-refractivity contribution in [1.82, 2.24) is 24.8 Å². The van der Waals surface area contributed by atoms with Crippen LogP contribution in [0.2, 0.25) is 0 Å². The molecule has 0 spiro atoms. The molecule has 2 aliphatic rings. The smallest absolute Gasteiger partial charge is 0.276 e. The van der Waals surface area contributed by atoms with Gasteiger partial charge in [-0.25, -0.2) is 4.68 Å². The summed E-state index contributed by atoms with van der Waals surface area (Å²) in [6, 6.07) is 1.72. The maximum atomic E-state index is 12.3. The van der Waals surface area contributed by atoms with Gasteiger partial charge in [0.15, 0.2) is 5.69 Å². The van der Waals surface area contributed by atoms with E-state index >= 15 is 0 Å². The van der Waals surface area contributed by atoms with Gasteiger partial charge in [-0.3, -0.25) is 9.59 Å². The molecule has 0 aliphatic carbocycles. The third kappa shape index (κ3) is 2.49. The van der Waals surface area contributed by atoms with Crippen molar-refractivity contribution in [2.45, 2.75) is 18.9 Å². The molecule has 4 rings (SSSR count). The quantitative estimate of drug-likeness (QED) is 0.836. The van der Waals surface area contributed by atoms with Gasteiger partial charge >= 0.3 is 0 Å². The Kier molecular flexibility index (Phi) is 3.36. The van der Waals surface area contributed by atoms with Crippen LogP contribution in [0.1, 0.15) is 39.7 Å². The lowest BCUT2D eigenvalue weighted by Gasteiger charge is -2.38. The van der Waals surface area contributed by atoms with Crippen molar-refractivity contribution >= 4 is 11.8 Å². The first-order valence-electron chi connectivity index (χ1n) is 7.75. The van der Waals surface area contributed by atoms with Gasteiger partial charge in [-0.2, -0.15) is 0 Å². The van der Waals surface area contributed by atoms with E-state index in [0.29, 0.717) is 24.3 Å². The van der Waals surface area contributed by atoms with Crippen molar-refractivity contribution in [3.8, 4) is 0 Å². The van der Waals surface area contributed by atoms with E-state index in [1.165, 1.54) is 12.5 Å². The minimum atomic E-state index is -0.0561. The second-order valence-corrected chi connectivity index (χ2v) is 5.96. The lowest BCUT2D eigenvalue weighted by Crippen LogP contribution is -2.50. The molecule has 0 N–H and O–H groups in total. The first-order chi connectivity index (χ1) is 11.2. The minimum absolute atomic E-state index is 0.0523. The summed E-state index contributed by atoms with van der Waals surface area (Å²) >= 11 is 0. The van der Waals surface area contributed by atoms with Gasteiger partial charge in [0.25, 0.3) is 11.8 Å². The largest absolute Gasteiger partial charge is 0.472 e. The molecule has 120 valence electrons. The van der Waals surface area contributed by atoms with Crippen LogP contribution in [-0.2, 0) is 0 Å². The zero-order valence-corrected chi connectivity index (χ0v) is 12.6. The van der Waals surface area contributed by atoms with E-state index in [4.69, 9.17) is 4.42 Å². The Hall–Kier alpha value is -2.64. The van der Waals surface area contributed by atoms with Crippen LogP contribution < -0.4 is 0 Å². The molecule has 8 nitrogen and oxygen atoms in total. The summed E-state index contributed by atoms with van der Waals surface area (Å²) in [7, 11) is 0. The second-order valence-electron chi connectivity index (χ2n) is 5.96. The Labute approximate surface area is 132 Å². The molecular weight excluding hydrogens is 298 g/mol. The molecule has 0 unspecified atom stereocenters. The summed E-state index contributed by atoms with van der Waals surface area (Å²) in [5.74, 6) is -0.108. The average Bonchev–Trinajstić information content (AvgIpc) is 3.25. The topological polar surface area (TPSA) is 84.5 Å². The summed E-state index contributed by atoms with van der Waals surface area (Å²) in [5.41, 5.74) is 0.929. The van der Waals surface area contributed by atoms with Crippen LogP contribution in [0, 0.1) is 0 Å². The van der Waals surface area contributed by atoms with E-state index < -0.39 is 0 Å². The Morgan fingerprint density at radius 2 is 1.91 bits per heavy atom. The highest BCUT2D eigenvalue weighted by Crippen LogP contribution is 2.23.